The van der Waals surface area contributed by atoms with Crippen LogP contribution < -0.4 is 0 Å². The number of aromatic nitrogens is 2. The second-order valence-corrected chi connectivity index (χ2v) is 4.50. The molecule has 0 spiro atoms. The highest BCUT2D eigenvalue weighted by Crippen LogP contribution is 2.26. The van der Waals surface area contributed by atoms with Gasteiger partial charge in [-0.3, -0.25) is 0 Å². The van der Waals surface area contributed by atoms with Crippen molar-refractivity contribution < 1.29 is 0 Å². The maximum Gasteiger partial charge on any atom is 0.128 e. The summed E-state index contributed by atoms with van der Waals surface area (Å²) in [6.07, 6.45) is 0.860. The molecule has 0 bridgehead atoms. The fourth-order valence-electron chi connectivity index (χ4n) is 1.60. The van der Waals surface area contributed by atoms with Crippen LogP contribution in [0.2, 0.25) is 0 Å². The summed E-state index contributed by atoms with van der Waals surface area (Å²) >= 11 is 3.54. The molecule has 1 aromatic carbocycles. The molecule has 16 heavy (non-hydrogen) atoms. The van der Waals surface area contributed by atoms with Crippen molar-refractivity contribution in [3.8, 4) is 11.3 Å². The Bertz CT molecular complexity index is 509. The summed E-state index contributed by atoms with van der Waals surface area (Å²) in [6.45, 7) is 4.07. The second-order valence-electron chi connectivity index (χ2n) is 3.64. The standard InChI is InChI=1S/C13H13BrN2/c1-3-13-15-9(2)8-12(16-13)10-6-4-5-7-11(10)14/h4-8H,3H2,1-2H3. The molecule has 0 saturated heterocycles. The smallest absolute Gasteiger partial charge is 0.128 e. The van der Waals surface area contributed by atoms with Gasteiger partial charge >= 0.3 is 0 Å². The molecule has 2 rings (SSSR count). The van der Waals surface area contributed by atoms with Crippen LogP contribution >= 0.6 is 15.9 Å². The molecule has 2 aromatic rings. The van der Waals surface area contributed by atoms with Gasteiger partial charge in [-0.2, -0.15) is 0 Å². The van der Waals surface area contributed by atoms with Crippen LogP contribution in [0.5, 0.6) is 0 Å². The monoisotopic (exact) mass is 276 g/mol. The SMILES string of the molecule is CCc1nc(C)cc(-c2ccccc2Br)n1. The van der Waals surface area contributed by atoms with E-state index in [1.165, 1.54) is 0 Å². The van der Waals surface area contributed by atoms with Gasteiger partial charge in [-0.25, -0.2) is 9.97 Å². The summed E-state index contributed by atoms with van der Waals surface area (Å²) in [7, 11) is 0. The predicted molar refractivity (Wildman–Crippen MR) is 69.3 cm³/mol. The van der Waals surface area contributed by atoms with Crippen molar-refractivity contribution in [1.82, 2.24) is 9.97 Å². The van der Waals surface area contributed by atoms with E-state index >= 15 is 0 Å². The highest BCUT2D eigenvalue weighted by molar-refractivity contribution is 9.10. The number of halogens is 1. The first kappa shape index (κ1) is 11.3. The van der Waals surface area contributed by atoms with E-state index < -0.39 is 0 Å². The number of rotatable bonds is 2. The average molecular weight is 277 g/mol. The molecule has 0 aliphatic carbocycles. The van der Waals surface area contributed by atoms with E-state index in [1.54, 1.807) is 0 Å². The molecule has 0 amide bonds. The number of aryl methyl sites for hydroxylation is 2. The molecule has 0 N–H and O–H groups in total. The quantitative estimate of drug-likeness (QED) is 0.834. The molecule has 1 heterocycles. The molecular formula is C13H13BrN2. The van der Waals surface area contributed by atoms with Crippen LogP contribution in [0.4, 0.5) is 0 Å². The number of nitrogens with zero attached hydrogens (tertiary/aromatic N) is 2. The molecule has 0 radical (unpaired) electrons. The van der Waals surface area contributed by atoms with Gasteiger partial charge in [-0.05, 0) is 19.1 Å². The second kappa shape index (κ2) is 4.74. The summed E-state index contributed by atoms with van der Waals surface area (Å²) in [5, 5.41) is 0. The first-order valence-electron chi connectivity index (χ1n) is 5.30. The summed E-state index contributed by atoms with van der Waals surface area (Å²) in [5.74, 6) is 0.894. The van der Waals surface area contributed by atoms with Gasteiger partial charge in [0.15, 0.2) is 0 Å². The summed E-state index contributed by atoms with van der Waals surface area (Å²) < 4.78 is 1.06. The van der Waals surface area contributed by atoms with Gasteiger partial charge in [0.2, 0.25) is 0 Å². The van der Waals surface area contributed by atoms with Crippen molar-refractivity contribution in [1.29, 1.82) is 0 Å². The van der Waals surface area contributed by atoms with Crippen molar-refractivity contribution in [2.24, 2.45) is 0 Å². The predicted octanol–water partition coefficient (Wildman–Crippen LogP) is 3.78. The van der Waals surface area contributed by atoms with E-state index in [1.807, 2.05) is 31.2 Å². The van der Waals surface area contributed by atoms with Gasteiger partial charge in [-0.1, -0.05) is 41.1 Å². The third-order valence-corrected chi connectivity index (χ3v) is 3.06. The third kappa shape index (κ3) is 2.30. The topological polar surface area (TPSA) is 25.8 Å². The first-order chi connectivity index (χ1) is 7.70. The molecule has 82 valence electrons. The number of hydrogen-bond donors (Lipinski definition) is 0. The van der Waals surface area contributed by atoms with Crippen LogP contribution in [0, 0.1) is 6.92 Å². The normalized spacial score (nSPS) is 10.4. The number of hydrogen-bond acceptors (Lipinski definition) is 2. The fraction of sp³-hybridized carbons (Fsp3) is 0.231. The van der Waals surface area contributed by atoms with Crippen molar-refractivity contribution in [2.75, 3.05) is 0 Å². The molecule has 0 fully saturated rings. The maximum atomic E-state index is 4.54. The van der Waals surface area contributed by atoms with Crippen LogP contribution in [0.25, 0.3) is 11.3 Å². The average Bonchev–Trinajstić information content (AvgIpc) is 2.28. The Balaban J connectivity index is 2.56. The first-order valence-corrected chi connectivity index (χ1v) is 6.09. The molecule has 0 saturated carbocycles. The minimum atomic E-state index is 0.860. The Morgan fingerprint density at radius 1 is 1.19 bits per heavy atom. The van der Waals surface area contributed by atoms with E-state index in [4.69, 9.17) is 0 Å². The van der Waals surface area contributed by atoms with Crippen molar-refractivity contribution >= 4 is 15.9 Å². The van der Waals surface area contributed by atoms with Crippen LogP contribution in [-0.4, -0.2) is 9.97 Å². The zero-order chi connectivity index (χ0) is 11.5. The Labute approximate surface area is 104 Å². The maximum absolute atomic E-state index is 4.54. The Hall–Kier alpha value is -1.22. The number of benzene rings is 1. The van der Waals surface area contributed by atoms with E-state index in [-0.39, 0.29) is 0 Å². The van der Waals surface area contributed by atoms with Crippen molar-refractivity contribution in [2.45, 2.75) is 20.3 Å². The molecule has 0 unspecified atom stereocenters. The summed E-state index contributed by atoms with van der Waals surface area (Å²) in [5.41, 5.74) is 3.11. The van der Waals surface area contributed by atoms with E-state index in [0.717, 1.165) is 33.7 Å². The lowest BCUT2D eigenvalue weighted by atomic mass is 10.1. The van der Waals surface area contributed by atoms with Crippen molar-refractivity contribution in [3.05, 3.63) is 46.3 Å². The van der Waals surface area contributed by atoms with Gasteiger partial charge in [0.1, 0.15) is 5.82 Å². The largest absolute Gasteiger partial charge is 0.238 e. The van der Waals surface area contributed by atoms with Gasteiger partial charge in [0.25, 0.3) is 0 Å². The Morgan fingerprint density at radius 2 is 1.94 bits per heavy atom. The third-order valence-electron chi connectivity index (χ3n) is 2.37. The highest BCUT2D eigenvalue weighted by Gasteiger charge is 2.06. The zero-order valence-corrected chi connectivity index (χ0v) is 11.0. The van der Waals surface area contributed by atoms with Gasteiger partial charge < -0.3 is 0 Å². The molecule has 3 heteroatoms. The molecule has 2 nitrogen and oxygen atoms in total. The van der Waals surface area contributed by atoms with E-state index in [2.05, 4.69) is 38.9 Å². The molecule has 1 aromatic heterocycles. The van der Waals surface area contributed by atoms with Crippen LogP contribution in [0.15, 0.2) is 34.8 Å². The van der Waals surface area contributed by atoms with Gasteiger partial charge in [0.05, 0.1) is 5.69 Å². The summed E-state index contributed by atoms with van der Waals surface area (Å²) in [6, 6.07) is 10.1. The Kier molecular flexibility index (Phi) is 3.34. The van der Waals surface area contributed by atoms with E-state index in [0.29, 0.717) is 0 Å². The molecule has 0 aliphatic rings. The molecule has 0 atom stereocenters. The van der Waals surface area contributed by atoms with E-state index in [9.17, 15) is 0 Å². The van der Waals surface area contributed by atoms with Gasteiger partial charge in [0, 0.05) is 22.2 Å². The van der Waals surface area contributed by atoms with Crippen molar-refractivity contribution in [3.63, 3.8) is 0 Å². The van der Waals surface area contributed by atoms with Crippen LogP contribution in [0.1, 0.15) is 18.4 Å². The van der Waals surface area contributed by atoms with Gasteiger partial charge in [-0.15, -0.1) is 0 Å². The lowest BCUT2D eigenvalue weighted by molar-refractivity contribution is 0.921. The summed E-state index contributed by atoms with van der Waals surface area (Å²) in [4.78, 5) is 8.92. The molecule has 0 aliphatic heterocycles. The molecular weight excluding hydrogens is 264 g/mol. The fourth-order valence-corrected chi connectivity index (χ4v) is 2.08. The Morgan fingerprint density at radius 3 is 2.62 bits per heavy atom. The minimum absolute atomic E-state index is 0.860. The zero-order valence-electron chi connectivity index (χ0n) is 9.37. The van der Waals surface area contributed by atoms with Crippen LogP contribution in [0.3, 0.4) is 0 Å². The lowest BCUT2D eigenvalue weighted by Crippen LogP contribution is -1.97. The lowest BCUT2D eigenvalue weighted by Gasteiger charge is -2.06. The van der Waals surface area contributed by atoms with Crippen LogP contribution in [-0.2, 0) is 6.42 Å². The highest BCUT2D eigenvalue weighted by atomic mass is 79.9. The minimum Gasteiger partial charge on any atom is -0.238 e.